The van der Waals surface area contributed by atoms with Crippen molar-refractivity contribution in [1.29, 1.82) is 0 Å². The molecule has 0 spiro atoms. The van der Waals surface area contributed by atoms with E-state index in [1.165, 1.54) is 44.5 Å². The van der Waals surface area contributed by atoms with Gasteiger partial charge in [-0.25, -0.2) is 0 Å². The average Bonchev–Trinajstić information content (AvgIpc) is 2.82. The molecule has 0 bridgehead atoms. The Morgan fingerprint density at radius 1 is 1.45 bits per heavy atom. The molecule has 2 aromatic rings. The fourth-order valence-corrected chi connectivity index (χ4v) is 1.19. The van der Waals surface area contributed by atoms with Crippen LogP contribution in [0.3, 0.4) is 0 Å². The summed E-state index contributed by atoms with van der Waals surface area (Å²) in [5.74, 6) is 0.0767. The first-order chi connectivity index (χ1) is 8.99. The van der Waals surface area contributed by atoms with E-state index in [1.54, 1.807) is 6.07 Å². The summed E-state index contributed by atoms with van der Waals surface area (Å²) in [6, 6.07) is 6.87. The van der Waals surface area contributed by atoms with Gasteiger partial charge in [0.05, 0.1) is 18.2 Å². The van der Waals surface area contributed by atoms with Gasteiger partial charge in [-0.05, 0) is 13.8 Å². The Bertz CT molecular complexity index is 546. The van der Waals surface area contributed by atoms with Crippen LogP contribution in [0, 0.1) is 11.9 Å². The van der Waals surface area contributed by atoms with E-state index in [4.69, 9.17) is 9.52 Å². The maximum atomic E-state index is 12.4. The van der Waals surface area contributed by atoms with Crippen LogP contribution >= 0.6 is 0 Å². The molecule has 20 heavy (non-hydrogen) atoms. The maximum Gasteiger partial charge on any atom is 0.155 e. The zero-order chi connectivity index (χ0) is 14.3. The molecule has 0 saturated heterocycles. The fourth-order valence-electron chi connectivity index (χ4n) is 1.19. The van der Waals surface area contributed by atoms with Crippen LogP contribution in [-0.4, -0.2) is 15.9 Å². The van der Waals surface area contributed by atoms with Gasteiger partial charge in [-0.15, -0.1) is 24.3 Å². The smallest absolute Gasteiger partial charge is 0.155 e. The summed E-state index contributed by atoms with van der Waals surface area (Å²) >= 11 is 0. The number of hydrogen-bond donors (Lipinski definition) is 1. The molecule has 0 saturated carbocycles. The molecule has 2 rings (SSSR count). The Balaban J connectivity index is 0.000000396. The van der Waals surface area contributed by atoms with Crippen molar-refractivity contribution in [3.63, 3.8) is 0 Å². The Kier molecular flexibility index (Phi) is 8.36. The second-order valence-corrected chi connectivity index (χ2v) is 3.65. The van der Waals surface area contributed by atoms with Crippen molar-refractivity contribution in [3.8, 4) is 11.5 Å². The van der Waals surface area contributed by atoms with E-state index in [2.05, 4.69) is 11.1 Å². The van der Waals surface area contributed by atoms with Gasteiger partial charge in [0.2, 0.25) is 0 Å². The number of nitrogens with zero attached hydrogens (tertiary/aromatic N) is 1. The number of oxazole rings is 1. The molecule has 1 heterocycles. The molecule has 0 atom stereocenters. The second-order valence-electron chi connectivity index (χ2n) is 3.65. The van der Waals surface area contributed by atoms with Crippen LogP contribution in [0.1, 0.15) is 13.8 Å². The number of aliphatic hydroxyl groups excluding tert-OH is 1. The molecule has 1 aromatic heterocycles. The number of aliphatic hydroxyl groups is 1. The van der Waals surface area contributed by atoms with Crippen LogP contribution in [0.2, 0.25) is 0 Å². The summed E-state index contributed by atoms with van der Waals surface area (Å²) in [5.41, 5.74) is 0.654. The molecule has 1 aromatic carbocycles. The minimum Gasteiger partial charge on any atom is -0.512 e. The first-order valence-corrected chi connectivity index (χ1v) is 5.44. The second kappa shape index (κ2) is 9.18. The van der Waals surface area contributed by atoms with E-state index in [9.17, 15) is 9.18 Å². The summed E-state index contributed by atoms with van der Waals surface area (Å²) in [7, 11) is 0. The number of rotatable bonds is 2. The first-order valence-electron chi connectivity index (χ1n) is 5.44. The van der Waals surface area contributed by atoms with Crippen molar-refractivity contribution in [2.75, 3.05) is 0 Å². The van der Waals surface area contributed by atoms with Crippen LogP contribution in [0.15, 0.2) is 46.9 Å². The fraction of sp³-hybridized carbons (Fsp3) is 0.143. The van der Waals surface area contributed by atoms with E-state index in [1.807, 2.05) is 0 Å². The first kappa shape index (κ1) is 18.2. The molecule has 1 radical (unpaired) electrons. The van der Waals surface area contributed by atoms with Crippen LogP contribution in [-0.2, 0) is 24.9 Å². The minimum atomic E-state index is -0.315. The molecular weight excluding hydrogens is 441 g/mol. The number of carbonyl (C=O) groups is 1. The Morgan fingerprint density at radius 2 is 2.15 bits per heavy atom. The van der Waals surface area contributed by atoms with Gasteiger partial charge in [0.15, 0.2) is 5.78 Å². The van der Waals surface area contributed by atoms with E-state index in [0.29, 0.717) is 11.5 Å². The van der Waals surface area contributed by atoms with Gasteiger partial charge in [-0.2, -0.15) is 0 Å². The van der Waals surface area contributed by atoms with Crippen molar-refractivity contribution in [2.24, 2.45) is 0 Å². The molecule has 0 fully saturated rings. The standard InChI is InChI=1S/C9H5FNO.C5H8O2.Ir/c10-8-3-1-7(2-4-8)9-11-5-6-12-9;1-4(6)3-5(2)7;/h1,3-6H;3,6H,1-2H3;/q-1;;/b;4-3-;. The van der Waals surface area contributed by atoms with Crippen molar-refractivity contribution in [1.82, 2.24) is 4.98 Å². The molecule has 6 heteroatoms. The van der Waals surface area contributed by atoms with E-state index >= 15 is 0 Å². The van der Waals surface area contributed by atoms with E-state index in [-0.39, 0.29) is 37.5 Å². The third-order valence-electron chi connectivity index (χ3n) is 1.85. The van der Waals surface area contributed by atoms with Gasteiger partial charge >= 0.3 is 0 Å². The van der Waals surface area contributed by atoms with E-state index in [0.717, 1.165) is 0 Å². The molecule has 0 unspecified atom stereocenters. The number of hydrogen-bond acceptors (Lipinski definition) is 4. The number of aromatic nitrogens is 1. The van der Waals surface area contributed by atoms with Crippen molar-refractivity contribution in [2.45, 2.75) is 13.8 Å². The molecule has 1 N–H and O–H groups in total. The monoisotopic (exact) mass is 455 g/mol. The van der Waals surface area contributed by atoms with Gasteiger partial charge in [-0.1, -0.05) is 5.56 Å². The zero-order valence-corrected chi connectivity index (χ0v) is 13.3. The molecule has 0 aliphatic heterocycles. The van der Waals surface area contributed by atoms with Crippen LogP contribution in [0.5, 0.6) is 0 Å². The zero-order valence-electron chi connectivity index (χ0n) is 10.9. The summed E-state index contributed by atoms with van der Waals surface area (Å²) < 4.78 is 17.4. The largest absolute Gasteiger partial charge is 0.512 e. The minimum absolute atomic E-state index is 0. The van der Waals surface area contributed by atoms with Gasteiger partial charge in [0, 0.05) is 32.0 Å². The molecule has 0 aliphatic carbocycles. The summed E-state index contributed by atoms with van der Waals surface area (Å²) in [6.45, 7) is 2.85. The van der Waals surface area contributed by atoms with Crippen molar-refractivity contribution < 1.29 is 38.8 Å². The predicted molar refractivity (Wildman–Crippen MR) is 67.8 cm³/mol. The number of halogens is 1. The van der Waals surface area contributed by atoms with E-state index < -0.39 is 0 Å². The van der Waals surface area contributed by atoms with Gasteiger partial charge in [0.25, 0.3) is 0 Å². The normalized spacial score (nSPS) is 10.1. The SMILES string of the molecule is CC(=O)/C=C(/C)O.Fc1c[c-]c(-c2ncco2)cc1.[Ir]. The third-order valence-corrected chi connectivity index (χ3v) is 1.85. The predicted octanol–water partition coefficient (Wildman–Crippen LogP) is 3.32. The van der Waals surface area contributed by atoms with Crippen LogP contribution in [0.25, 0.3) is 11.5 Å². The van der Waals surface area contributed by atoms with Crippen LogP contribution < -0.4 is 0 Å². The Morgan fingerprint density at radius 3 is 2.50 bits per heavy atom. The number of ketones is 1. The number of benzene rings is 1. The van der Waals surface area contributed by atoms with Gasteiger partial charge in [0.1, 0.15) is 5.89 Å². The Hall–Kier alpha value is -1.78. The van der Waals surface area contributed by atoms with Crippen molar-refractivity contribution >= 4 is 5.78 Å². The summed E-state index contributed by atoms with van der Waals surface area (Å²) in [6.07, 6.45) is 4.17. The van der Waals surface area contributed by atoms with Gasteiger partial charge < -0.3 is 9.52 Å². The summed E-state index contributed by atoms with van der Waals surface area (Å²) in [5, 5.41) is 8.36. The van der Waals surface area contributed by atoms with Crippen LogP contribution in [0.4, 0.5) is 4.39 Å². The topological polar surface area (TPSA) is 63.3 Å². The van der Waals surface area contributed by atoms with Gasteiger partial charge in [-0.3, -0.25) is 14.2 Å². The molecule has 109 valence electrons. The van der Waals surface area contributed by atoms with Crippen molar-refractivity contribution in [3.05, 3.63) is 54.4 Å². The average molecular weight is 454 g/mol. The quantitative estimate of drug-likeness (QED) is 0.430. The Labute approximate surface area is 129 Å². The maximum absolute atomic E-state index is 12.4. The molecule has 0 aliphatic rings. The number of carbonyl (C=O) groups excluding carboxylic acids is 1. The molecular formula is C14H13FIrNO3-. The number of allylic oxidation sites excluding steroid dienone is 2. The molecule has 0 amide bonds. The molecule has 4 nitrogen and oxygen atoms in total. The summed E-state index contributed by atoms with van der Waals surface area (Å²) in [4.78, 5) is 13.9. The third kappa shape index (κ3) is 6.97.